The van der Waals surface area contributed by atoms with Crippen LogP contribution in [-0.4, -0.2) is 14.9 Å². The predicted octanol–water partition coefficient (Wildman–Crippen LogP) is 2.21. The van der Waals surface area contributed by atoms with E-state index in [1.54, 1.807) is 4.68 Å². The van der Waals surface area contributed by atoms with E-state index < -0.39 is 5.60 Å². The van der Waals surface area contributed by atoms with E-state index in [4.69, 9.17) is 11.6 Å². The number of hydrogen-bond donors (Lipinski definition) is 1. The van der Waals surface area contributed by atoms with Gasteiger partial charge in [-0.25, -0.2) is 0 Å². The van der Waals surface area contributed by atoms with Crippen molar-refractivity contribution in [2.75, 3.05) is 0 Å². The number of aliphatic hydroxyl groups is 1. The third kappa shape index (κ3) is 1.20. The third-order valence-corrected chi connectivity index (χ3v) is 3.32. The highest BCUT2D eigenvalue weighted by atomic mass is 35.5. The number of hydrogen-bond acceptors (Lipinski definition) is 2. The molecule has 2 aromatic rings. The summed E-state index contributed by atoms with van der Waals surface area (Å²) in [4.78, 5) is 0. The van der Waals surface area contributed by atoms with Crippen molar-refractivity contribution in [2.24, 2.45) is 7.05 Å². The molecule has 0 aliphatic heterocycles. The molecule has 78 valence electrons. The SMILES string of the molecule is Cn1nc(Cl)c2cccc(C3(O)CC3)c21. The molecule has 1 fully saturated rings. The summed E-state index contributed by atoms with van der Waals surface area (Å²) in [5, 5.41) is 15.7. The van der Waals surface area contributed by atoms with Crippen LogP contribution in [-0.2, 0) is 12.6 Å². The monoisotopic (exact) mass is 222 g/mol. The van der Waals surface area contributed by atoms with Gasteiger partial charge in [0.05, 0.1) is 11.1 Å². The van der Waals surface area contributed by atoms with Gasteiger partial charge < -0.3 is 5.11 Å². The molecule has 1 aromatic carbocycles. The maximum Gasteiger partial charge on any atom is 0.158 e. The average molecular weight is 223 g/mol. The highest BCUT2D eigenvalue weighted by molar-refractivity contribution is 6.34. The smallest absolute Gasteiger partial charge is 0.158 e. The van der Waals surface area contributed by atoms with Gasteiger partial charge in [-0.2, -0.15) is 5.10 Å². The molecule has 0 bridgehead atoms. The van der Waals surface area contributed by atoms with Crippen LogP contribution in [0.2, 0.25) is 5.15 Å². The fraction of sp³-hybridized carbons (Fsp3) is 0.364. The number of aromatic nitrogens is 2. The van der Waals surface area contributed by atoms with Crippen molar-refractivity contribution in [3.8, 4) is 0 Å². The maximum atomic E-state index is 10.1. The van der Waals surface area contributed by atoms with Crippen LogP contribution < -0.4 is 0 Å². The van der Waals surface area contributed by atoms with Gasteiger partial charge in [-0.15, -0.1) is 0 Å². The molecule has 0 atom stereocenters. The molecule has 1 N–H and O–H groups in total. The summed E-state index contributed by atoms with van der Waals surface area (Å²) < 4.78 is 1.74. The molecule has 0 spiro atoms. The lowest BCUT2D eigenvalue weighted by Crippen LogP contribution is -2.06. The summed E-state index contributed by atoms with van der Waals surface area (Å²) in [5.41, 5.74) is 1.25. The number of rotatable bonds is 1. The second-order valence-corrected chi connectivity index (χ2v) is 4.51. The number of halogens is 1. The number of fused-ring (bicyclic) bond motifs is 1. The zero-order chi connectivity index (χ0) is 10.6. The summed E-state index contributed by atoms with van der Waals surface area (Å²) in [6.07, 6.45) is 1.66. The zero-order valence-electron chi connectivity index (χ0n) is 8.37. The van der Waals surface area contributed by atoms with E-state index in [0.717, 1.165) is 29.3 Å². The topological polar surface area (TPSA) is 38.0 Å². The molecule has 1 aliphatic rings. The molecule has 0 amide bonds. The highest BCUT2D eigenvalue weighted by Crippen LogP contribution is 2.47. The van der Waals surface area contributed by atoms with Gasteiger partial charge in [-0.1, -0.05) is 23.7 Å². The van der Waals surface area contributed by atoms with Gasteiger partial charge in [-0.05, 0) is 18.9 Å². The average Bonchev–Trinajstić information content (AvgIpc) is 2.89. The van der Waals surface area contributed by atoms with Crippen molar-refractivity contribution in [1.82, 2.24) is 9.78 Å². The Morgan fingerprint density at radius 2 is 2.20 bits per heavy atom. The summed E-state index contributed by atoms with van der Waals surface area (Å²) >= 11 is 6.01. The normalized spacial score (nSPS) is 18.3. The fourth-order valence-corrected chi connectivity index (χ4v) is 2.32. The molecule has 1 saturated carbocycles. The van der Waals surface area contributed by atoms with Gasteiger partial charge in [0.15, 0.2) is 5.15 Å². The van der Waals surface area contributed by atoms with Gasteiger partial charge in [0.2, 0.25) is 0 Å². The summed E-state index contributed by atoms with van der Waals surface area (Å²) in [5.74, 6) is 0. The second kappa shape index (κ2) is 2.74. The lowest BCUT2D eigenvalue weighted by atomic mass is 10.0. The van der Waals surface area contributed by atoms with Crippen LogP contribution in [0.1, 0.15) is 18.4 Å². The molecule has 0 radical (unpaired) electrons. The molecule has 3 nitrogen and oxygen atoms in total. The van der Waals surface area contributed by atoms with Crippen LogP contribution in [0.3, 0.4) is 0 Å². The van der Waals surface area contributed by atoms with Crippen molar-refractivity contribution >= 4 is 22.5 Å². The van der Waals surface area contributed by atoms with E-state index in [9.17, 15) is 5.11 Å². The molecule has 3 rings (SSSR count). The first-order valence-corrected chi connectivity index (χ1v) is 5.34. The highest BCUT2D eigenvalue weighted by Gasteiger charge is 2.43. The van der Waals surface area contributed by atoms with Crippen molar-refractivity contribution in [1.29, 1.82) is 0 Å². The summed E-state index contributed by atoms with van der Waals surface area (Å²) in [6.45, 7) is 0. The van der Waals surface area contributed by atoms with Crippen molar-refractivity contribution in [3.05, 3.63) is 28.9 Å². The summed E-state index contributed by atoms with van der Waals surface area (Å²) in [6, 6.07) is 5.80. The molecule has 1 aromatic heterocycles. The summed E-state index contributed by atoms with van der Waals surface area (Å²) in [7, 11) is 1.85. The van der Waals surface area contributed by atoms with Crippen LogP contribution in [0, 0.1) is 0 Å². The first-order chi connectivity index (χ1) is 7.12. The van der Waals surface area contributed by atoms with Crippen molar-refractivity contribution < 1.29 is 5.11 Å². The number of benzene rings is 1. The number of nitrogens with zero attached hydrogens (tertiary/aromatic N) is 2. The Bertz CT molecular complexity index is 543. The fourth-order valence-electron chi connectivity index (χ4n) is 2.06. The Hall–Kier alpha value is -1.06. The predicted molar refractivity (Wildman–Crippen MR) is 58.9 cm³/mol. The number of para-hydroxylation sites is 1. The van der Waals surface area contributed by atoms with Gasteiger partial charge in [0, 0.05) is 18.0 Å². The molecular weight excluding hydrogens is 212 g/mol. The van der Waals surface area contributed by atoms with Gasteiger partial charge in [0.25, 0.3) is 0 Å². The number of aryl methyl sites for hydroxylation is 1. The zero-order valence-corrected chi connectivity index (χ0v) is 9.12. The first kappa shape index (κ1) is 9.19. The van der Waals surface area contributed by atoms with E-state index in [0.29, 0.717) is 5.15 Å². The standard InChI is InChI=1S/C11H11ClN2O/c1-14-9-7(10(12)13-14)3-2-4-8(9)11(15)5-6-11/h2-4,15H,5-6H2,1H3. The molecule has 1 heterocycles. The van der Waals surface area contributed by atoms with Gasteiger partial charge in [-0.3, -0.25) is 4.68 Å². The van der Waals surface area contributed by atoms with E-state index in [-0.39, 0.29) is 0 Å². The Kier molecular flexibility index (Phi) is 1.68. The lowest BCUT2D eigenvalue weighted by Gasteiger charge is -2.10. The minimum Gasteiger partial charge on any atom is -0.385 e. The Morgan fingerprint density at radius 3 is 2.87 bits per heavy atom. The molecule has 0 saturated heterocycles. The maximum absolute atomic E-state index is 10.1. The van der Waals surface area contributed by atoms with E-state index in [2.05, 4.69) is 5.10 Å². The van der Waals surface area contributed by atoms with Crippen LogP contribution in [0.25, 0.3) is 10.9 Å². The van der Waals surface area contributed by atoms with Crippen LogP contribution in [0.4, 0.5) is 0 Å². The minimum atomic E-state index is -0.642. The van der Waals surface area contributed by atoms with Crippen LogP contribution in [0.5, 0.6) is 0 Å². The molecule has 15 heavy (non-hydrogen) atoms. The van der Waals surface area contributed by atoms with E-state index in [1.807, 2.05) is 25.2 Å². The van der Waals surface area contributed by atoms with Crippen molar-refractivity contribution in [3.63, 3.8) is 0 Å². The molecule has 4 heteroatoms. The molecule has 1 aliphatic carbocycles. The second-order valence-electron chi connectivity index (χ2n) is 4.15. The van der Waals surface area contributed by atoms with Crippen molar-refractivity contribution in [2.45, 2.75) is 18.4 Å². The van der Waals surface area contributed by atoms with E-state index >= 15 is 0 Å². The third-order valence-electron chi connectivity index (χ3n) is 3.04. The Balaban J connectivity index is 2.39. The van der Waals surface area contributed by atoms with Gasteiger partial charge >= 0.3 is 0 Å². The first-order valence-electron chi connectivity index (χ1n) is 4.96. The Morgan fingerprint density at radius 1 is 1.47 bits per heavy atom. The Labute approximate surface area is 92.3 Å². The molecule has 0 unspecified atom stereocenters. The van der Waals surface area contributed by atoms with Crippen LogP contribution in [0.15, 0.2) is 18.2 Å². The quantitative estimate of drug-likeness (QED) is 0.804. The molecular formula is C11H11ClN2O. The van der Waals surface area contributed by atoms with Gasteiger partial charge in [0.1, 0.15) is 0 Å². The largest absolute Gasteiger partial charge is 0.385 e. The van der Waals surface area contributed by atoms with E-state index in [1.165, 1.54) is 0 Å². The minimum absolute atomic E-state index is 0.499. The van der Waals surface area contributed by atoms with Crippen LogP contribution >= 0.6 is 11.6 Å². The lowest BCUT2D eigenvalue weighted by molar-refractivity contribution is 0.152.